The van der Waals surface area contributed by atoms with Gasteiger partial charge in [0, 0.05) is 24.5 Å². The molecule has 27 heavy (non-hydrogen) atoms. The van der Waals surface area contributed by atoms with Crippen molar-refractivity contribution in [3.8, 4) is 0 Å². The normalized spacial score (nSPS) is 11.4. The molecule has 0 aliphatic carbocycles. The van der Waals surface area contributed by atoms with Crippen molar-refractivity contribution in [2.75, 3.05) is 5.32 Å². The molecular weight excluding hydrogens is 368 g/mol. The van der Waals surface area contributed by atoms with Crippen molar-refractivity contribution in [2.24, 2.45) is 0 Å². The summed E-state index contributed by atoms with van der Waals surface area (Å²) in [5.74, 6) is -3.68. The van der Waals surface area contributed by atoms with Crippen LogP contribution in [0.5, 0.6) is 0 Å². The maximum atomic E-state index is 13.9. The molecule has 0 saturated heterocycles. The second kappa shape index (κ2) is 7.06. The summed E-state index contributed by atoms with van der Waals surface area (Å²) in [5, 5.41) is 4.42. The van der Waals surface area contributed by atoms with Crippen LogP contribution in [-0.4, -0.2) is 21.8 Å². The number of halogens is 4. The highest BCUT2D eigenvalue weighted by Crippen LogP contribution is 2.32. The van der Waals surface area contributed by atoms with Crippen LogP contribution in [0.1, 0.15) is 11.1 Å². The molecule has 2 aromatic heterocycles. The van der Waals surface area contributed by atoms with E-state index in [2.05, 4.69) is 20.6 Å². The summed E-state index contributed by atoms with van der Waals surface area (Å²) in [6, 6.07) is 6.10. The summed E-state index contributed by atoms with van der Waals surface area (Å²) in [7, 11) is 0. The Morgan fingerprint density at radius 1 is 1.11 bits per heavy atom. The fraction of sp³-hybridized carbons (Fsp3) is 0.118. The largest absolute Gasteiger partial charge is 0.419 e. The van der Waals surface area contributed by atoms with E-state index in [0.29, 0.717) is 17.1 Å². The highest BCUT2D eigenvalue weighted by Gasteiger charge is 2.34. The van der Waals surface area contributed by atoms with E-state index in [9.17, 15) is 27.2 Å². The number of carbonyl (C=O) groups is 2. The van der Waals surface area contributed by atoms with Crippen molar-refractivity contribution < 1.29 is 27.2 Å². The summed E-state index contributed by atoms with van der Waals surface area (Å²) < 4.78 is 52.0. The number of carbonyl (C=O) groups excluding carboxylic acids is 2. The van der Waals surface area contributed by atoms with Crippen LogP contribution in [0.25, 0.3) is 11.0 Å². The highest BCUT2D eigenvalue weighted by atomic mass is 19.4. The lowest BCUT2D eigenvalue weighted by molar-refractivity contribution is -0.140. The number of amides is 2. The summed E-state index contributed by atoms with van der Waals surface area (Å²) in [5.41, 5.74) is -0.499. The lowest BCUT2D eigenvalue weighted by Crippen LogP contribution is -2.35. The monoisotopic (exact) mass is 380 g/mol. The predicted molar refractivity (Wildman–Crippen MR) is 88.0 cm³/mol. The highest BCUT2D eigenvalue weighted by molar-refractivity contribution is 6.40. The number of benzene rings is 1. The van der Waals surface area contributed by atoms with Gasteiger partial charge in [-0.05, 0) is 18.2 Å². The average molecular weight is 380 g/mol. The minimum atomic E-state index is -4.86. The van der Waals surface area contributed by atoms with Gasteiger partial charge in [-0.2, -0.15) is 13.2 Å². The SMILES string of the molecule is O=C(NCc1cccc(C(F)(F)F)c1F)C(=O)Nc1c[nH]c2cccnc12. The number of H-pyrrole nitrogens is 1. The smallest absolute Gasteiger partial charge is 0.358 e. The van der Waals surface area contributed by atoms with E-state index in [0.717, 1.165) is 12.1 Å². The number of anilines is 1. The molecule has 0 radical (unpaired) electrons. The molecule has 0 bridgehead atoms. The standard InChI is InChI=1S/C17H12F4N4O2/c18-13-9(3-1-4-10(13)17(19,20)21)7-24-15(26)16(27)25-12-8-23-11-5-2-6-22-14(11)12/h1-6,8,23H,7H2,(H,24,26)(H,25,27). The maximum absolute atomic E-state index is 13.9. The van der Waals surface area contributed by atoms with Crippen molar-refractivity contribution in [1.29, 1.82) is 0 Å². The van der Waals surface area contributed by atoms with Gasteiger partial charge < -0.3 is 15.6 Å². The first-order valence-corrected chi connectivity index (χ1v) is 7.63. The zero-order valence-electron chi connectivity index (χ0n) is 13.5. The van der Waals surface area contributed by atoms with Gasteiger partial charge in [-0.15, -0.1) is 0 Å². The molecule has 0 spiro atoms. The summed E-state index contributed by atoms with van der Waals surface area (Å²) in [6.45, 7) is -0.575. The maximum Gasteiger partial charge on any atom is 0.419 e. The van der Waals surface area contributed by atoms with Gasteiger partial charge in [0.1, 0.15) is 11.3 Å². The lowest BCUT2D eigenvalue weighted by atomic mass is 10.1. The molecule has 140 valence electrons. The Labute approximate surface area is 149 Å². The third-order valence-electron chi connectivity index (χ3n) is 3.71. The van der Waals surface area contributed by atoms with Crippen LogP contribution in [-0.2, 0) is 22.3 Å². The van der Waals surface area contributed by atoms with E-state index in [1.165, 1.54) is 12.4 Å². The van der Waals surface area contributed by atoms with Crippen LogP contribution >= 0.6 is 0 Å². The van der Waals surface area contributed by atoms with Crippen LogP contribution in [0.15, 0.2) is 42.7 Å². The molecule has 2 amide bonds. The number of nitrogens with zero attached hydrogens (tertiary/aromatic N) is 1. The Hall–Kier alpha value is -3.43. The molecule has 3 N–H and O–H groups in total. The number of aromatic nitrogens is 2. The third-order valence-corrected chi connectivity index (χ3v) is 3.71. The van der Waals surface area contributed by atoms with Gasteiger partial charge in [-0.3, -0.25) is 14.6 Å². The van der Waals surface area contributed by atoms with E-state index >= 15 is 0 Å². The van der Waals surface area contributed by atoms with Gasteiger partial charge in [0.25, 0.3) is 0 Å². The quantitative estimate of drug-likeness (QED) is 0.482. The van der Waals surface area contributed by atoms with Crippen molar-refractivity contribution in [1.82, 2.24) is 15.3 Å². The second-order valence-corrected chi connectivity index (χ2v) is 5.52. The fourth-order valence-corrected chi connectivity index (χ4v) is 2.42. The lowest BCUT2D eigenvalue weighted by Gasteiger charge is -2.11. The number of hydrogen-bond acceptors (Lipinski definition) is 3. The van der Waals surface area contributed by atoms with Crippen LogP contribution in [0.3, 0.4) is 0 Å². The van der Waals surface area contributed by atoms with Crippen molar-refractivity contribution >= 4 is 28.5 Å². The first-order valence-electron chi connectivity index (χ1n) is 7.63. The minimum Gasteiger partial charge on any atom is -0.358 e. The molecular formula is C17H12F4N4O2. The summed E-state index contributed by atoms with van der Waals surface area (Å²) in [4.78, 5) is 30.7. The summed E-state index contributed by atoms with van der Waals surface area (Å²) in [6.07, 6.45) is -1.92. The number of hydrogen-bond donors (Lipinski definition) is 3. The number of fused-ring (bicyclic) bond motifs is 1. The molecule has 6 nitrogen and oxygen atoms in total. The Kier molecular flexibility index (Phi) is 4.80. The van der Waals surface area contributed by atoms with Gasteiger partial charge in [-0.1, -0.05) is 12.1 Å². The van der Waals surface area contributed by atoms with Crippen LogP contribution in [0.2, 0.25) is 0 Å². The molecule has 1 aromatic carbocycles. The zero-order valence-corrected chi connectivity index (χ0v) is 13.5. The van der Waals surface area contributed by atoms with Gasteiger partial charge in [0.15, 0.2) is 0 Å². The van der Waals surface area contributed by atoms with E-state index in [1.54, 1.807) is 12.1 Å². The number of alkyl halides is 3. The average Bonchev–Trinajstić information content (AvgIpc) is 3.02. The molecule has 0 atom stereocenters. The second-order valence-electron chi connectivity index (χ2n) is 5.52. The number of rotatable bonds is 3. The van der Waals surface area contributed by atoms with E-state index < -0.39 is 35.9 Å². The Morgan fingerprint density at radius 3 is 2.63 bits per heavy atom. The van der Waals surface area contributed by atoms with Crippen molar-refractivity contribution in [2.45, 2.75) is 12.7 Å². The van der Waals surface area contributed by atoms with E-state index in [1.807, 2.05) is 0 Å². The molecule has 0 aliphatic heterocycles. The molecule has 2 heterocycles. The van der Waals surface area contributed by atoms with Crippen LogP contribution < -0.4 is 10.6 Å². The van der Waals surface area contributed by atoms with Crippen molar-refractivity contribution in [3.63, 3.8) is 0 Å². The number of aromatic amines is 1. The Bertz CT molecular complexity index is 1010. The van der Waals surface area contributed by atoms with Gasteiger partial charge in [-0.25, -0.2) is 4.39 Å². The predicted octanol–water partition coefficient (Wildman–Crippen LogP) is 2.98. The topological polar surface area (TPSA) is 86.9 Å². The van der Waals surface area contributed by atoms with Crippen LogP contribution in [0, 0.1) is 5.82 Å². The zero-order chi connectivity index (χ0) is 19.6. The molecule has 3 aromatic rings. The fourth-order valence-electron chi connectivity index (χ4n) is 2.42. The van der Waals surface area contributed by atoms with E-state index in [4.69, 9.17) is 0 Å². The summed E-state index contributed by atoms with van der Waals surface area (Å²) >= 11 is 0. The molecule has 3 rings (SSSR count). The minimum absolute atomic E-state index is 0.260. The Balaban J connectivity index is 1.67. The van der Waals surface area contributed by atoms with Crippen molar-refractivity contribution in [3.05, 3.63) is 59.7 Å². The first-order chi connectivity index (χ1) is 12.8. The molecule has 0 saturated carbocycles. The molecule has 0 aliphatic rings. The van der Waals surface area contributed by atoms with Gasteiger partial charge >= 0.3 is 18.0 Å². The number of nitrogens with one attached hydrogen (secondary N) is 3. The Morgan fingerprint density at radius 2 is 1.89 bits per heavy atom. The molecule has 0 unspecified atom stereocenters. The van der Waals surface area contributed by atoms with E-state index in [-0.39, 0.29) is 11.3 Å². The first kappa shape index (κ1) is 18.4. The van der Waals surface area contributed by atoms with Crippen LogP contribution in [0.4, 0.5) is 23.2 Å². The molecule has 10 heteroatoms. The van der Waals surface area contributed by atoms with Gasteiger partial charge in [0.2, 0.25) is 0 Å². The number of pyridine rings is 1. The third kappa shape index (κ3) is 3.89. The van der Waals surface area contributed by atoms with Gasteiger partial charge in [0.05, 0.1) is 16.8 Å². The molecule has 0 fully saturated rings.